The number of piperidine rings is 1. The highest BCUT2D eigenvalue weighted by Gasteiger charge is 2.37. The molecule has 4 nitrogen and oxygen atoms in total. The molecule has 1 N–H and O–H groups in total. The lowest BCUT2D eigenvalue weighted by molar-refractivity contribution is -0.122. The van der Waals surface area contributed by atoms with E-state index in [1.54, 1.807) is 0 Å². The second-order valence-electron chi connectivity index (χ2n) is 10.1. The zero-order valence-corrected chi connectivity index (χ0v) is 21.4. The molecule has 1 unspecified atom stereocenters. The number of likely N-dealkylation sites (tertiary alicyclic amines) is 1. The lowest BCUT2D eigenvalue weighted by Gasteiger charge is -2.40. The Morgan fingerprint density at radius 2 is 1.73 bits per heavy atom. The van der Waals surface area contributed by atoms with Crippen molar-refractivity contribution >= 4 is 16.7 Å². The predicted molar refractivity (Wildman–Crippen MR) is 141 cm³/mol. The standard InChI is InChI=1S/C29H45N3O/c1-5-31(6-2)22-28(33)30-23-29(24(3)4,18-13-21-32-19-10-7-11-20-32)27-17-12-15-25-14-8-9-16-26(25)27/h8-9,12,14-17,24H,5-7,10-11,13,18-23H2,1-4H3,(H,30,33). The Hall–Kier alpha value is -1.91. The molecule has 0 radical (unpaired) electrons. The third kappa shape index (κ3) is 6.58. The van der Waals surface area contributed by atoms with Crippen LogP contribution in [-0.4, -0.2) is 61.5 Å². The molecule has 0 bridgehead atoms. The van der Waals surface area contributed by atoms with Crippen LogP contribution in [0.2, 0.25) is 0 Å². The Kier molecular flexibility index (Phi) is 9.76. The number of hydrogen-bond donors (Lipinski definition) is 1. The Balaban J connectivity index is 1.86. The van der Waals surface area contributed by atoms with Crippen molar-refractivity contribution in [3.63, 3.8) is 0 Å². The molecule has 1 aliphatic heterocycles. The number of fused-ring (bicyclic) bond motifs is 1. The first-order valence-electron chi connectivity index (χ1n) is 13.2. The maximum absolute atomic E-state index is 12.9. The van der Waals surface area contributed by atoms with E-state index in [4.69, 9.17) is 0 Å². The van der Waals surface area contributed by atoms with E-state index in [9.17, 15) is 4.79 Å². The van der Waals surface area contributed by atoms with Crippen LogP contribution < -0.4 is 5.32 Å². The van der Waals surface area contributed by atoms with E-state index >= 15 is 0 Å². The second kappa shape index (κ2) is 12.5. The summed E-state index contributed by atoms with van der Waals surface area (Å²) in [5, 5.41) is 5.97. The van der Waals surface area contributed by atoms with Gasteiger partial charge in [-0.3, -0.25) is 9.69 Å². The molecule has 0 spiro atoms. The molecule has 2 aromatic carbocycles. The van der Waals surface area contributed by atoms with Crippen molar-refractivity contribution in [1.82, 2.24) is 15.1 Å². The Labute approximate surface area is 201 Å². The lowest BCUT2D eigenvalue weighted by atomic mass is 9.67. The maximum Gasteiger partial charge on any atom is 0.234 e. The van der Waals surface area contributed by atoms with Gasteiger partial charge in [0.25, 0.3) is 0 Å². The average molecular weight is 452 g/mol. The first-order valence-corrected chi connectivity index (χ1v) is 13.2. The molecule has 1 aliphatic rings. The molecule has 0 aromatic heterocycles. The van der Waals surface area contributed by atoms with Gasteiger partial charge in [-0.15, -0.1) is 0 Å². The molecule has 1 fully saturated rings. The fraction of sp³-hybridized carbons (Fsp3) is 0.621. The van der Waals surface area contributed by atoms with Gasteiger partial charge in [-0.05, 0) is 80.7 Å². The Morgan fingerprint density at radius 3 is 2.42 bits per heavy atom. The minimum Gasteiger partial charge on any atom is -0.354 e. The molecule has 4 heteroatoms. The first kappa shape index (κ1) is 25.7. The number of amides is 1. The number of carbonyl (C=O) groups excluding carboxylic acids is 1. The summed E-state index contributed by atoms with van der Waals surface area (Å²) >= 11 is 0. The summed E-state index contributed by atoms with van der Waals surface area (Å²) in [7, 11) is 0. The predicted octanol–water partition coefficient (Wildman–Crippen LogP) is 5.46. The molecule has 1 amide bonds. The van der Waals surface area contributed by atoms with Crippen molar-refractivity contribution in [2.75, 3.05) is 45.8 Å². The lowest BCUT2D eigenvalue weighted by Crippen LogP contribution is -2.47. The molecule has 1 saturated heterocycles. The molecule has 1 heterocycles. The number of carbonyl (C=O) groups is 1. The minimum atomic E-state index is -0.0877. The molecule has 33 heavy (non-hydrogen) atoms. The molecular formula is C29H45N3O. The number of benzene rings is 2. The van der Waals surface area contributed by atoms with Gasteiger partial charge in [0, 0.05) is 12.0 Å². The third-order valence-corrected chi connectivity index (χ3v) is 7.84. The quantitative estimate of drug-likeness (QED) is 0.466. The van der Waals surface area contributed by atoms with Crippen molar-refractivity contribution in [3.05, 3.63) is 48.0 Å². The van der Waals surface area contributed by atoms with Crippen molar-refractivity contribution in [2.45, 2.75) is 65.2 Å². The van der Waals surface area contributed by atoms with Gasteiger partial charge in [0.1, 0.15) is 0 Å². The van der Waals surface area contributed by atoms with Gasteiger partial charge in [0.2, 0.25) is 5.91 Å². The molecule has 1 atom stereocenters. The Bertz CT molecular complexity index is 865. The summed E-state index contributed by atoms with van der Waals surface area (Å²) in [5.41, 5.74) is 1.30. The highest BCUT2D eigenvalue weighted by atomic mass is 16.2. The summed E-state index contributed by atoms with van der Waals surface area (Å²) in [5.74, 6) is 0.554. The summed E-state index contributed by atoms with van der Waals surface area (Å²) in [4.78, 5) is 17.7. The second-order valence-corrected chi connectivity index (χ2v) is 10.1. The molecule has 0 saturated carbocycles. The number of nitrogens with one attached hydrogen (secondary N) is 1. The fourth-order valence-corrected chi connectivity index (χ4v) is 5.55. The average Bonchev–Trinajstić information content (AvgIpc) is 2.85. The van der Waals surface area contributed by atoms with E-state index in [0.717, 1.165) is 32.5 Å². The molecular weight excluding hydrogens is 406 g/mol. The van der Waals surface area contributed by atoms with Gasteiger partial charge in [-0.1, -0.05) is 76.6 Å². The normalized spacial score (nSPS) is 16.9. The Morgan fingerprint density at radius 1 is 1.03 bits per heavy atom. The van der Waals surface area contributed by atoms with Gasteiger partial charge >= 0.3 is 0 Å². The van der Waals surface area contributed by atoms with Crippen LogP contribution in [0.5, 0.6) is 0 Å². The van der Waals surface area contributed by atoms with Crippen LogP contribution in [-0.2, 0) is 10.2 Å². The zero-order chi connectivity index (χ0) is 23.7. The zero-order valence-electron chi connectivity index (χ0n) is 21.4. The molecule has 3 rings (SSSR count). The van der Waals surface area contributed by atoms with Gasteiger partial charge < -0.3 is 10.2 Å². The van der Waals surface area contributed by atoms with Crippen LogP contribution >= 0.6 is 0 Å². The van der Waals surface area contributed by atoms with Crippen LogP contribution in [0.15, 0.2) is 42.5 Å². The van der Waals surface area contributed by atoms with E-state index < -0.39 is 0 Å². The van der Waals surface area contributed by atoms with Crippen molar-refractivity contribution in [1.29, 1.82) is 0 Å². The van der Waals surface area contributed by atoms with Crippen LogP contribution in [0.25, 0.3) is 10.8 Å². The third-order valence-electron chi connectivity index (χ3n) is 7.84. The number of rotatable bonds is 12. The molecule has 2 aromatic rings. The van der Waals surface area contributed by atoms with E-state index in [-0.39, 0.29) is 11.3 Å². The van der Waals surface area contributed by atoms with E-state index in [1.807, 2.05) is 0 Å². The fourth-order valence-electron chi connectivity index (χ4n) is 5.55. The van der Waals surface area contributed by atoms with Crippen molar-refractivity contribution in [2.24, 2.45) is 5.92 Å². The smallest absolute Gasteiger partial charge is 0.234 e. The first-order chi connectivity index (χ1) is 16.0. The summed E-state index contributed by atoms with van der Waals surface area (Å²) in [6.45, 7) is 15.5. The van der Waals surface area contributed by atoms with Crippen LogP contribution in [0.3, 0.4) is 0 Å². The van der Waals surface area contributed by atoms with E-state index in [2.05, 4.69) is 85.3 Å². The van der Waals surface area contributed by atoms with Crippen LogP contribution in [0.4, 0.5) is 0 Å². The minimum absolute atomic E-state index is 0.0877. The largest absolute Gasteiger partial charge is 0.354 e. The molecule has 0 aliphatic carbocycles. The van der Waals surface area contributed by atoms with Crippen molar-refractivity contribution in [3.8, 4) is 0 Å². The number of likely N-dealkylation sites (N-methyl/N-ethyl adjacent to an activating group) is 1. The maximum atomic E-state index is 12.9. The monoisotopic (exact) mass is 451 g/mol. The van der Waals surface area contributed by atoms with Crippen LogP contribution in [0, 0.1) is 5.92 Å². The van der Waals surface area contributed by atoms with Gasteiger partial charge in [-0.25, -0.2) is 0 Å². The van der Waals surface area contributed by atoms with Gasteiger partial charge in [-0.2, -0.15) is 0 Å². The number of hydrogen-bond acceptors (Lipinski definition) is 3. The van der Waals surface area contributed by atoms with Gasteiger partial charge in [0.05, 0.1) is 6.54 Å². The van der Waals surface area contributed by atoms with E-state index in [1.165, 1.54) is 48.7 Å². The topological polar surface area (TPSA) is 35.6 Å². The van der Waals surface area contributed by atoms with Crippen LogP contribution in [0.1, 0.15) is 65.4 Å². The van der Waals surface area contributed by atoms with Crippen molar-refractivity contribution < 1.29 is 4.79 Å². The number of nitrogens with zero attached hydrogens (tertiary/aromatic N) is 2. The SMILES string of the molecule is CCN(CC)CC(=O)NCC(CCCN1CCCCC1)(c1cccc2ccccc12)C(C)C. The molecule has 182 valence electrons. The highest BCUT2D eigenvalue weighted by Crippen LogP contribution is 2.40. The highest BCUT2D eigenvalue weighted by molar-refractivity contribution is 5.87. The summed E-state index contributed by atoms with van der Waals surface area (Å²) < 4.78 is 0. The summed E-state index contributed by atoms with van der Waals surface area (Å²) in [6, 6.07) is 15.4. The summed E-state index contributed by atoms with van der Waals surface area (Å²) in [6.07, 6.45) is 6.29. The van der Waals surface area contributed by atoms with Gasteiger partial charge in [0.15, 0.2) is 0 Å². The van der Waals surface area contributed by atoms with E-state index in [0.29, 0.717) is 19.0 Å².